The molecule has 18 aliphatic rings. The maximum atomic E-state index is 11.5. The predicted octanol–water partition coefficient (Wildman–Crippen LogP) is -18.0. The quantitative estimate of drug-likeness (QED) is 0.0793. The average molecular weight is 1310 g/mol. The third-order valence-electron chi connectivity index (χ3n) is 19.6. The lowest BCUT2D eigenvalue weighted by Crippen LogP contribution is -2.98. The Bertz CT molecular complexity index is 2880. The molecule has 0 aliphatic carbocycles. The lowest BCUT2D eigenvalue weighted by Gasteiger charge is -2.77. The fraction of sp³-hybridized carbons (Fsp3) is 0.971. The summed E-state index contributed by atoms with van der Waals surface area (Å²) in [7, 11) is 15.8. The van der Waals surface area contributed by atoms with Crippen molar-refractivity contribution in [3.05, 3.63) is 0 Å². The fourth-order valence-corrected chi connectivity index (χ4v) is 15.5. The molecule has 22 atom stereocenters. The maximum absolute atomic E-state index is 11.5. The van der Waals surface area contributed by atoms with E-state index in [4.69, 9.17) is 58.3 Å². The van der Waals surface area contributed by atoms with Crippen LogP contribution < -0.4 is 31.9 Å². The molecule has 0 saturated carbocycles. The first-order chi connectivity index (χ1) is 42.8. The van der Waals surface area contributed by atoms with Gasteiger partial charge >= 0.3 is 0 Å². The SMILES string of the molecule is [B]B1C2OC(COP(=C)(O)O)C(ON3N4CN5C6[C@@H](N(C)N6C)N5CN4N3[C@H]1N1[B]C3OC(CON4NNN41)C(O)C3O)C2O.[B]B1C2OC(COP(=O)([O-])[O-])C(ON3NNN3[C@@H]1N1[B]C3OC(CON4N5CN6[C@H]7C(N(C)N7C)N6CN5N14)C(O)C3O)C2O. The molecule has 0 aromatic rings. The number of hydrogen-bond donors (Lipinski definition) is 12. The van der Waals surface area contributed by atoms with Gasteiger partial charge in [0.2, 0.25) is 7.57 Å². The van der Waals surface area contributed by atoms with Crippen molar-refractivity contribution in [3.8, 4) is 0 Å². The normalized spacial score (nSPS) is 47.7. The van der Waals surface area contributed by atoms with Gasteiger partial charge in [-0.25, -0.2) is 29.9 Å². The van der Waals surface area contributed by atoms with Gasteiger partial charge in [-0.3, -0.25) is 19.4 Å². The summed E-state index contributed by atoms with van der Waals surface area (Å²) in [6, 6.07) is -6.10. The van der Waals surface area contributed by atoms with E-state index in [1.54, 1.807) is 35.0 Å². The monoisotopic (exact) mass is 1310 g/mol. The number of likely N-dealkylation sites (N-methyl/N-ethyl adjacent to an activating group) is 4. The number of hydrogen-bond acceptors (Lipinski definition) is 47. The molecule has 0 aromatic carbocycles. The van der Waals surface area contributed by atoms with Crippen molar-refractivity contribution in [1.82, 2.24) is 134 Å². The summed E-state index contributed by atoms with van der Waals surface area (Å²) in [5.41, 5.74) is 11.3. The number of ether oxygens (including phenoxy) is 4. The van der Waals surface area contributed by atoms with E-state index in [1.165, 1.54) is 26.2 Å². The molecule has 0 spiro atoms. The molecule has 18 saturated heterocycles. The number of aliphatic hydroxyl groups excluding tert-OH is 6. The van der Waals surface area contributed by atoms with E-state index in [0.29, 0.717) is 26.7 Å². The second-order valence-corrected chi connectivity index (χ2v) is 27.2. The number of rotatable bonds is 8. The maximum Gasteiger partial charge on any atom is 0.273 e. The Morgan fingerprint density at radius 3 is 1.60 bits per heavy atom. The molecule has 0 aromatic heterocycles. The van der Waals surface area contributed by atoms with E-state index in [9.17, 15) is 54.8 Å². The molecule has 47 nitrogen and oxygen atoms in total. The smallest absolute Gasteiger partial charge is 0.273 e. The summed E-state index contributed by atoms with van der Waals surface area (Å²) in [5.74, 6) is 0. The second-order valence-electron chi connectivity index (χ2n) is 24.5. The van der Waals surface area contributed by atoms with Gasteiger partial charge in [0.15, 0.2) is 13.2 Å². The Balaban J connectivity index is 0.000000139. The molecule has 6 radical (unpaired) electrons. The molecular formula is C35H64B6N26O21P2-2. The molecule has 8 bridgehead atoms. The van der Waals surface area contributed by atoms with Crippen LogP contribution in [0, 0.1) is 0 Å². The Morgan fingerprint density at radius 2 is 1.08 bits per heavy atom. The van der Waals surface area contributed by atoms with E-state index in [0.717, 1.165) is 5.28 Å². The van der Waals surface area contributed by atoms with Crippen molar-refractivity contribution < 1.29 is 102 Å². The van der Waals surface area contributed by atoms with Crippen molar-refractivity contribution in [2.24, 2.45) is 0 Å². The van der Waals surface area contributed by atoms with Crippen LogP contribution in [0.15, 0.2) is 0 Å². The summed E-state index contributed by atoms with van der Waals surface area (Å²) < 4.78 is 44.9. The highest BCUT2D eigenvalue weighted by molar-refractivity contribution is 7.57. The Morgan fingerprint density at radius 1 is 0.589 bits per heavy atom. The van der Waals surface area contributed by atoms with Crippen LogP contribution in [0.3, 0.4) is 0 Å². The largest absolute Gasteiger partial charge is 0.790 e. The Hall–Kier alpha value is -0.920. The lowest BCUT2D eigenvalue weighted by atomic mass is 9.26. The summed E-state index contributed by atoms with van der Waals surface area (Å²) in [6.07, 6.45) is -9.61. The third kappa shape index (κ3) is 9.32. The van der Waals surface area contributed by atoms with Gasteiger partial charge in [0.05, 0.1) is 63.8 Å². The molecule has 55 heteroatoms. The minimum Gasteiger partial charge on any atom is -0.790 e. The minimum atomic E-state index is -5.35. The topological polar surface area (TPSA) is 437 Å². The van der Waals surface area contributed by atoms with E-state index in [2.05, 4.69) is 73.0 Å². The second kappa shape index (κ2) is 22.3. The number of hydrazine groups is 22. The first-order valence-electron chi connectivity index (χ1n) is 28.9. The van der Waals surface area contributed by atoms with E-state index < -0.39 is 145 Å². The molecule has 18 heterocycles. The zero-order chi connectivity index (χ0) is 62.5. The highest BCUT2D eigenvalue weighted by Gasteiger charge is 2.72. The standard InChI is InChI=1S/C18H34B3N13O10P.C17H32B3N13O11P/c1-24-16-17(25(24)2)27-7-29-28(6-26(16)27)31-18(30-20-14-11(36)10(35)8(42-14)4-40-33-23-22-32(30)33)21(19)15-12(37)13(44-34(29)31)9(43-15)5-41-45(3,38)39;1-23-15-16(24(23)2)26-6-28-27(5-25(15)26)32-29(19-13-10(35)9(34)7(42-13)3-40-33(28)32)17-20(18)14-11(36)12(44-31-22-21-30(17)31)8(43-14)4-41-45(37,38)39/h8-18,22-23,35-39H,3-7H2,1-2H3;7-17,21-22,34-36H,3-6H2,1-2H3,(H2,37,38,39)/p-2/t8?,9?,10?,11?,12?,13?,14?,15?,16-,17?,18+;7?,8?,9?,10?,11?,12?,13?,14?,15?,16-,17-/m00/s1. The van der Waals surface area contributed by atoms with Crippen molar-refractivity contribution in [3.63, 3.8) is 0 Å². The van der Waals surface area contributed by atoms with Crippen LogP contribution in [0.1, 0.15) is 0 Å². The van der Waals surface area contributed by atoms with Crippen LogP contribution in [0.4, 0.5) is 0 Å². The number of aliphatic hydroxyl groups is 6. The van der Waals surface area contributed by atoms with Gasteiger partial charge in [0, 0.05) is 48.9 Å². The lowest BCUT2D eigenvalue weighted by molar-refractivity contribution is -0.682. The number of phosphoric ester groups is 1. The summed E-state index contributed by atoms with van der Waals surface area (Å²) in [5, 5.41) is 102. The molecule has 90 heavy (non-hydrogen) atoms. The van der Waals surface area contributed by atoms with Crippen molar-refractivity contribution in [2.75, 3.05) is 81.3 Å². The van der Waals surface area contributed by atoms with Crippen LogP contribution in [0.25, 0.3) is 0 Å². The Labute approximate surface area is 515 Å². The van der Waals surface area contributed by atoms with Gasteiger partial charge in [-0.05, 0) is 22.1 Å². The summed E-state index contributed by atoms with van der Waals surface area (Å²) in [4.78, 5) is 69.5. The van der Waals surface area contributed by atoms with Gasteiger partial charge < -0.3 is 82.8 Å². The van der Waals surface area contributed by atoms with E-state index in [1.807, 2.05) is 48.7 Å². The molecule has 18 rings (SSSR count). The van der Waals surface area contributed by atoms with Crippen molar-refractivity contribution in [2.45, 2.75) is 134 Å². The van der Waals surface area contributed by atoms with Crippen LogP contribution in [-0.2, 0) is 51.9 Å². The highest BCUT2D eigenvalue weighted by atomic mass is 31.2. The Kier molecular flexibility index (Phi) is 15.5. The number of nitrogens with zero attached hydrogens (tertiary/aromatic N) is 22. The number of nitrogens with one attached hydrogen (secondary N) is 4. The van der Waals surface area contributed by atoms with Gasteiger partial charge in [-0.2, -0.15) is 25.6 Å². The molecule has 490 valence electrons. The highest BCUT2D eigenvalue weighted by Crippen LogP contribution is 2.50. The van der Waals surface area contributed by atoms with Crippen LogP contribution in [-0.4, -0.2) is 418 Å². The fourth-order valence-electron chi connectivity index (χ4n) is 14.7. The predicted molar refractivity (Wildman–Crippen MR) is 284 cm³/mol. The first kappa shape index (κ1) is 62.6. The van der Waals surface area contributed by atoms with Gasteiger partial charge in [0.25, 0.3) is 14.8 Å². The van der Waals surface area contributed by atoms with E-state index >= 15 is 0 Å². The van der Waals surface area contributed by atoms with Crippen molar-refractivity contribution >= 4 is 65.2 Å². The van der Waals surface area contributed by atoms with Crippen LogP contribution >= 0.6 is 15.4 Å². The first-order valence-corrected chi connectivity index (χ1v) is 32.2. The van der Waals surface area contributed by atoms with Crippen LogP contribution in [0.2, 0.25) is 0 Å². The molecule has 18 aliphatic heterocycles. The zero-order valence-corrected chi connectivity index (χ0v) is 49.9. The van der Waals surface area contributed by atoms with Gasteiger partial charge in [0.1, 0.15) is 131 Å². The summed E-state index contributed by atoms with van der Waals surface area (Å²) >= 11 is 0. The van der Waals surface area contributed by atoms with Gasteiger partial charge in [-0.15, -0.1) is 47.3 Å². The number of fused-ring (bicyclic) bond motifs is 26. The van der Waals surface area contributed by atoms with Gasteiger partial charge in [-0.1, -0.05) is 10.5 Å². The average Bonchev–Trinajstić information content (AvgIpc) is 0.757. The van der Waals surface area contributed by atoms with Crippen LogP contribution in [0.5, 0.6) is 0 Å². The van der Waals surface area contributed by atoms with E-state index in [-0.39, 0.29) is 44.5 Å². The molecule has 18 fully saturated rings. The molecule has 0 amide bonds. The molecular weight excluding hydrogens is 1250 g/mol. The third-order valence-corrected chi connectivity index (χ3v) is 20.7. The number of phosphoric acid groups is 1. The summed E-state index contributed by atoms with van der Waals surface area (Å²) in [6.45, 7) is -1.62. The zero-order valence-electron chi connectivity index (χ0n) is 48.1. The molecule has 12 N–H and O–H groups in total. The van der Waals surface area contributed by atoms with Crippen molar-refractivity contribution in [1.29, 1.82) is 0 Å². The minimum absolute atomic E-state index is 0.0631. The molecule has 18 unspecified atom stereocenters.